The number of rotatable bonds is 10. The zero-order valence-corrected chi connectivity index (χ0v) is 14.5. The largest absolute Gasteiger partial charge is 0.500 e. The van der Waals surface area contributed by atoms with E-state index in [0.717, 1.165) is 6.42 Å². The molecule has 7 heteroatoms. The first-order chi connectivity index (χ1) is 10.2. The summed E-state index contributed by atoms with van der Waals surface area (Å²) in [6.45, 7) is 0.0794. The van der Waals surface area contributed by atoms with E-state index < -0.39 is 8.80 Å². The second-order valence-electron chi connectivity index (χ2n) is 4.22. The predicted octanol–water partition coefficient (Wildman–Crippen LogP) is 2.59. The number of carbonyl (C=O) groups excluding carboxylic acids is 1. The molecular weight excluding hydrogens is 308 g/mol. The van der Waals surface area contributed by atoms with Gasteiger partial charge in [0.2, 0.25) is 5.12 Å². The highest BCUT2D eigenvalue weighted by molar-refractivity contribution is 8.13. The van der Waals surface area contributed by atoms with Gasteiger partial charge in [-0.05, 0) is 18.6 Å². The Morgan fingerprint density at radius 2 is 1.71 bits per heavy atom. The summed E-state index contributed by atoms with van der Waals surface area (Å²) in [5.74, 6) is 1.40. The van der Waals surface area contributed by atoms with Crippen molar-refractivity contribution in [1.29, 1.82) is 0 Å². The molecule has 0 spiro atoms. The summed E-state index contributed by atoms with van der Waals surface area (Å²) in [6, 6.07) is 9.99. The van der Waals surface area contributed by atoms with Gasteiger partial charge in [0.15, 0.2) is 6.61 Å². The molecule has 0 aliphatic heterocycles. The van der Waals surface area contributed by atoms with Crippen LogP contribution < -0.4 is 4.74 Å². The van der Waals surface area contributed by atoms with Gasteiger partial charge in [-0.1, -0.05) is 30.0 Å². The quantitative estimate of drug-likeness (QED) is 0.485. The molecule has 0 radical (unpaired) electrons. The Hall–Kier alpha value is -0.863. The van der Waals surface area contributed by atoms with E-state index in [1.807, 2.05) is 30.3 Å². The minimum Gasteiger partial charge on any atom is -0.485 e. The van der Waals surface area contributed by atoms with Gasteiger partial charge in [0.1, 0.15) is 5.75 Å². The van der Waals surface area contributed by atoms with E-state index in [1.54, 1.807) is 21.3 Å². The maximum Gasteiger partial charge on any atom is 0.500 e. The summed E-state index contributed by atoms with van der Waals surface area (Å²) in [7, 11) is 2.25. The predicted molar refractivity (Wildman–Crippen MR) is 85.6 cm³/mol. The first-order valence-electron chi connectivity index (χ1n) is 6.64. The molecule has 21 heavy (non-hydrogen) atoms. The topological polar surface area (TPSA) is 54.0 Å². The van der Waals surface area contributed by atoms with Crippen LogP contribution in [0.1, 0.15) is 6.42 Å². The Bertz CT molecular complexity index is 403. The van der Waals surface area contributed by atoms with E-state index in [-0.39, 0.29) is 11.7 Å². The molecule has 0 unspecified atom stereocenters. The lowest BCUT2D eigenvalue weighted by Gasteiger charge is -2.23. The molecule has 0 aliphatic carbocycles. The van der Waals surface area contributed by atoms with Crippen LogP contribution in [0.15, 0.2) is 30.3 Å². The molecule has 0 heterocycles. The summed E-state index contributed by atoms with van der Waals surface area (Å²) in [5, 5.41) is 0.0124. The number of para-hydroxylation sites is 1. The summed E-state index contributed by atoms with van der Waals surface area (Å²) in [4.78, 5) is 11.7. The minimum absolute atomic E-state index is 0.0124. The highest BCUT2D eigenvalue weighted by Gasteiger charge is 2.36. The summed E-state index contributed by atoms with van der Waals surface area (Å²) >= 11 is 1.26. The van der Waals surface area contributed by atoms with Crippen LogP contribution in [0.3, 0.4) is 0 Å². The van der Waals surface area contributed by atoms with Gasteiger partial charge in [-0.3, -0.25) is 4.79 Å². The van der Waals surface area contributed by atoms with Gasteiger partial charge in [-0.25, -0.2) is 0 Å². The zero-order valence-electron chi connectivity index (χ0n) is 12.7. The lowest BCUT2D eigenvalue weighted by molar-refractivity contribution is -0.112. The maximum absolute atomic E-state index is 11.7. The van der Waals surface area contributed by atoms with Gasteiger partial charge in [0.25, 0.3) is 0 Å². The average Bonchev–Trinajstić information content (AvgIpc) is 2.55. The molecule has 0 N–H and O–H groups in total. The average molecular weight is 330 g/mol. The number of carbonyl (C=O) groups is 1. The third-order valence-electron chi connectivity index (χ3n) is 2.92. The van der Waals surface area contributed by atoms with E-state index in [4.69, 9.17) is 18.0 Å². The van der Waals surface area contributed by atoms with Gasteiger partial charge in [-0.15, -0.1) is 0 Å². The molecule has 0 bridgehead atoms. The van der Waals surface area contributed by atoms with Crippen molar-refractivity contribution in [2.24, 2.45) is 0 Å². The zero-order chi connectivity index (χ0) is 15.6. The smallest absolute Gasteiger partial charge is 0.485 e. The Morgan fingerprint density at radius 1 is 1.10 bits per heavy atom. The molecule has 0 saturated carbocycles. The monoisotopic (exact) mass is 330 g/mol. The standard InChI is InChI=1S/C14H22O5SSi/c1-16-21(17-2,18-3)11-7-10-20-14(15)12-19-13-8-5-4-6-9-13/h4-6,8-9H,7,10-12H2,1-3H3. The molecule has 0 saturated heterocycles. The Kier molecular flexibility index (Phi) is 8.63. The van der Waals surface area contributed by atoms with Gasteiger partial charge in [-0.2, -0.15) is 0 Å². The summed E-state index contributed by atoms with van der Waals surface area (Å²) in [5.41, 5.74) is 0. The fourth-order valence-electron chi connectivity index (χ4n) is 1.73. The van der Waals surface area contributed by atoms with Crippen LogP contribution in [0.5, 0.6) is 5.75 Å². The van der Waals surface area contributed by atoms with Crippen molar-refractivity contribution in [2.75, 3.05) is 33.7 Å². The van der Waals surface area contributed by atoms with E-state index in [2.05, 4.69) is 0 Å². The molecular formula is C14H22O5SSi. The van der Waals surface area contributed by atoms with Crippen molar-refractivity contribution >= 4 is 25.7 Å². The fourth-order valence-corrected chi connectivity index (χ4v) is 4.37. The maximum atomic E-state index is 11.7. The third kappa shape index (κ3) is 6.62. The highest BCUT2D eigenvalue weighted by atomic mass is 32.2. The van der Waals surface area contributed by atoms with Gasteiger partial charge < -0.3 is 18.0 Å². The fraction of sp³-hybridized carbons (Fsp3) is 0.500. The first kappa shape index (κ1) is 18.2. The van der Waals surface area contributed by atoms with E-state index in [0.29, 0.717) is 17.5 Å². The number of benzene rings is 1. The molecule has 1 aromatic carbocycles. The van der Waals surface area contributed by atoms with E-state index in [1.165, 1.54) is 11.8 Å². The van der Waals surface area contributed by atoms with Crippen molar-refractivity contribution in [3.63, 3.8) is 0 Å². The van der Waals surface area contributed by atoms with Crippen LogP contribution >= 0.6 is 11.8 Å². The van der Waals surface area contributed by atoms with Crippen LogP contribution in [0.25, 0.3) is 0 Å². The molecule has 1 rings (SSSR count). The molecule has 0 fully saturated rings. The minimum atomic E-state index is -2.52. The SMILES string of the molecule is CO[Si](CCCSC(=O)COc1ccccc1)(OC)OC. The van der Waals surface area contributed by atoms with Crippen LogP contribution in [-0.4, -0.2) is 47.6 Å². The van der Waals surface area contributed by atoms with Crippen molar-refractivity contribution < 1.29 is 22.8 Å². The van der Waals surface area contributed by atoms with Gasteiger partial charge in [0.05, 0.1) is 0 Å². The molecule has 0 atom stereocenters. The highest BCUT2D eigenvalue weighted by Crippen LogP contribution is 2.18. The van der Waals surface area contributed by atoms with E-state index >= 15 is 0 Å². The Balaban J connectivity index is 2.19. The molecule has 0 amide bonds. The Labute approximate surface area is 131 Å². The van der Waals surface area contributed by atoms with Gasteiger partial charge in [0, 0.05) is 33.1 Å². The molecule has 118 valence electrons. The van der Waals surface area contributed by atoms with Crippen molar-refractivity contribution in [1.82, 2.24) is 0 Å². The summed E-state index contributed by atoms with van der Waals surface area (Å²) in [6.07, 6.45) is 0.795. The van der Waals surface area contributed by atoms with Crippen LogP contribution in [0.2, 0.25) is 6.04 Å². The number of thioether (sulfide) groups is 1. The second-order valence-corrected chi connectivity index (χ2v) is 8.46. The van der Waals surface area contributed by atoms with Crippen molar-refractivity contribution in [3.8, 4) is 5.75 Å². The normalized spacial score (nSPS) is 11.4. The van der Waals surface area contributed by atoms with Crippen molar-refractivity contribution in [3.05, 3.63) is 30.3 Å². The second kappa shape index (κ2) is 9.96. The van der Waals surface area contributed by atoms with Crippen LogP contribution in [-0.2, 0) is 18.1 Å². The molecule has 1 aromatic rings. The third-order valence-corrected chi connectivity index (χ3v) is 6.69. The van der Waals surface area contributed by atoms with Crippen LogP contribution in [0.4, 0.5) is 0 Å². The summed E-state index contributed by atoms with van der Waals surface area (Å²) < 4.78 is 21.4. The number of hydrogen-bond acceptors (Lipinski definition) is 6. The Morgan fingerprint density at radius 3 is 2.29 bits per heavy atom. The lowest BCUT2D eigenvalue weighted by Crippen LogP contribution is -2.42. The molecule has 5 nitrogen and oxygen atoms in total. The molecule has 0 aromatic heterocycles. The lowest BCUT2D eigenvalue weighted by atomic mass is 10.3. The first-order valence-corrected chi connectivity index (χ1v) is 9.56. The number of hydrogen-bond donors (Lipinski definition) is 0. The van der Waals surface area contributed by atoms with Crippen LogP contribution in [0, 0.1) is 0 Å². The van der Waals surface area contributed by atoms with E-state index in [9.17, 15) is 4.79 Å². The van der Waals surface area contributed by atoms with Gasteiger partial charge >= 0.3 is 8.80 Å². The van der Waals surface area contributed by atoms with Crippen molar-refractivity contribution in [2.45, 2.75) is 12.5 Å². The number of ether oxygens (including phenoxy) is 1. The molecule has 0 aliphatic rings.